The summed E-state index contributed by atoms with van der Waals surface area (Å²) in [4.78, 5) is 44.1. The average molecular weight is 764 g/mol. The van der Waals surface area contributed by atoms with E-state index in [4.69, 9.17) is 37.1 Å². The summed E-state index contributed by atoms with van der Waals surface area (Å²) in [6.45, 7) is 13.9. The van der Waals surface area contributed by atoms with Gasteiger partial charge in [-0.3, -0.25) is 14.4 Å². The molecule has 0 aliphatic rings. The number of hydrogen-bond acceptors (Lipinski definition) is 9. The molecule has 0 fully saturated rings. The van der Waals surface area contributed by atoms with Gasteiger partial charge in [0.25, 0.3) is 5.91 Å². The summed E-state index contributed by atoms with van der Waals surface area (Å²) in [6.07, 6.45) is -1.10. The van der Waals surface area contributed by atoms with Crippen LogP contribution in [0.5, 0.6) is 0 Å². The number of aromatic nitrogens is 1. The molecule has 4 aromatic carbocycles. The monoisotopic (exact) mass is 762 g/mol. The molecular formula is C40H44Cl2N4O7. The van der Waals surface area contributed by atoms with E-state index in [1.54, 1.807) is 19.9 Å². The standard InChI is InChI=1S/C20H22N2O3.C19H18N2O3.CH2Cl2.H2O/c1-13-9-8-12-18(21-14(2)15(3)25-16(4)23)19(13)20(24)22-17-10-6-5-7-11-17;1-12-8-7-11-16-17(12)19(20-15-9-5-4-6-10-15)24-18(21-16)13(2)23-14(3)22;2-1-3;/h5-12,15,21H,2H2,1,3-4H3,(H,22,24);4-11,13H,1-3H3;1H2;1H2/t15-;13-;;/m00../s1. The third-order valence-corrected chi connectivity index (χ3v) is 7.23. The van der Waals surface area contributed by atoms with Crippen molar-refractivity contribution in [2.45, 2.75) is 53.8 Å². The molecule has 0 bridgehead atoms. The van der Waals surface area contributed by atoms with Crippen molar-refractivity contribution in [3.05, 3.63) is 137 Å². The minimum absolute atomic E-state index is 0. The van der Waals surface area contributed by atoms with E-state index in [1.165, 1.54) is 13.8 Å². The van der Waals surface area contributed by atoms with Crippen molar-refractivity contribution >= 4 is 69.0 Å². The molecule has 4 N–H and O–H groups in total. The number of fused-ring (bicyclic) bond motifs is 1. The fraction of sp³-hybridized carbons (Fsp3) is 0.225. The van der Waals surface area contributed by atoms with E-state index < -0.39 is 12.2 Å². The lowest BCUT2D eigenvalue weighted by Gasteiger charge is -2.19. The Labute approximate surface area is 319 Å². The smallest absolute Gasteiger partial charge is 0.303 e. The molecule has 53 heavy (non-hydrogen) atoms. The van der Waals surface area contributed by atoms with Crippen molar-refractivity contribution in [1.29, 1.82) is 0 Å². The van der Waals surface area contributed by atoms with Gasteiger partial charge in [0, 0.05) is 25.2 Å². The predicted molar refractivity (Wildman–Crippen MR) is 210 cm³/mol. The highest BCUT2D eigenvalue weighted by Gasteiger charge is 2.18. The van der Waals surface area contributed by atoms with Crippen molar-refractivity contribution in [1.82, 2.24) is 4.98 Å². The first-order chi connectivity index (χ1) is 24.8. The molecule has 1 aromatic heterocycles. The number of nitrogens with zero attached hydrogens (tertiary/aromatic N) is 2. The molecular weight excluding hydrogens is 719 g/mol. The number of aryl methyl sites for hydroxylation is 2. The number of amides is 1. The molecule has 5 aromatic rings. The Morgan fingerprint density at radius 2 is 1.38 bits per heavy atom. The number of carbonyl (C=O) groups excluding carboxylic acids is 3. The first kappa shape index (κ1) is 43.7. The Morgan fingerprint density at radius 3 is 1.98 bits per heavy atom. The van der Waals surface area contributed by atoms with Gasteiger partial charge < -0.3 is 30.0 Å². The van der Waals surface area contributed by atoms with Gasteiger partial charge in [0.05, 0.1) is 33.2 Å². The van der Waals surface area contributed by atoms with Gasteiger partial charge in [0.15, 0.2) is 6.10 Å². The summed E-state index contributed by atoms with van der Waals surface area (Å²) >= 11 is 9.53. The number of anilines is 2. The van der Waals surface area contributed by atoms with Gasteiger partial charge in [-0.05, 0) is 75.2 Å². The number of rotatable bonds is 9. The highest BCUT2D eigenvalue weighted by molar-refractivity contribution is 6.40. The lowest BCUT2D eigenvalue weighted by molar-refractivity contribution is -0.147. The lowest BCUT2D eigenvalue weighted by atomic mass is 10.0. The zero-order chi connectivity index (χ0) is 38.2. The number of ether oxygens (including phenoxy) is 2. The fourth-order valence-corrected chi connectivity index (χ4v) is 4.87. The number of para-hydroxylation sites is 2. The summed E-state index contributed by atoms with van der Waals surface area (Å²) in [6, 6.07) is 30.1. The number of hydrogen-bond donors (Lipinski definition) is 2. The molecule has 280 valence electrons. The highest BCUT2D eigenvalue weighted by atomic mass is 35.5. The van der Waals surface area contributed by atoms with Gasteiger partial charge >= 0.3 is 11.9 Å². The van der Waals surface area contributed by atoms with Gasteiger partial charge in [-0.15, -0.1) is 23.2 Å². The Bertz CT molecular complexity index is 2060. The van der Waals surface area contributed by atoms with E-state index in [0.717, 1.165) is 27.7 Å². The zero-order valence-corrected chi connectivity index (χ0v) is 31.9. The third kappa shape index (κ3) is 13.5. The van der Waals surface area contributed by atoms with Crippen molar-refractivity contribution in [2.24, 2.45) is 4.99 Å². The third-order valence-electron chi connectivity index (χ3n) is 7.23. The molecule has 1 amide bonds. The molecule has 5 rings (SSSR count). The molecule has 0 aliphatic heterocycles. The van der Waals surface area contributed by atoms with Crippen LogP contribution in [0.1, 0.15) is 61.2 Å². The van der Waals surface area contributed by atoms with Crippen LogP contribution < -0.4 is 16.2 Å². The Hall–Kier alpha value is -5.49. The lowest BCUT2D eigenvalue weighted by Crippen LogP contribution is -2.21. The maximum Gasteiger partial charge on any atom is 0.303 e. The fourth-order valence-electron chi connectivity index (χ4n) is 4.87. The van der Waals surface area contributed by atoms with Crippen LogP contribution in [0.15, 0.2) is 119 Å². The van der Waals surface area contributed by atoms with Crippen LogP contribution in [-0.2, 0) is 19.1 Å². The molecule has 13 heteroatoms. The second-order valence-corrected chi connectivity index (χ2v) is 12.2. The average Bonchev–Trinajstić information content (AvgIpc) is 3.09. The van der Waals surface area contributed by atoms with Crippen LogP contribution >= 0.6 is 23.2 Å². The highest BCUT2D eigenvalue weighted by Crippen LogP contribution is 2.24. The number of esters is 2. The molecule has 1 heterocycles. The summed E-state index contributed by atoms with van der Waals surface area (Å²) < 4.78 is 16.2. The molecule has 0 aliphatic carbocycles. The molecule has 0 saturated carbocycles. The van der Waals surface area contributed by atoms with Crippen LogP contribution in [0, 0.1) is 13.8 Å². The van der Waals surface area contributed by atoms with E-state index in [9.17, 15) is 14.4 Å². The zero-order valence-electron chi connectivity index (χ0n) is 30.4. The van der Waals surface area contributed by atoms with Crippen LogP contribution in [-0.4, -0.2) is 39.7 Å². The Balaban J connectivity index is 0.000000336. The van der Waals surface area contributed by atoms with Crippen LogP contribution in [0.25, 0.3) is 10.9 Å². The van der Waals surface area contributed by atoms with E-state index in [1.807, 2.05) is 105 Å². The Kier molecular flexibility index (Phi) is 17.9. The molecule has 0 saturated heterocycles. The second kappa shape index (κ2) is 21.8. The Morgan fingerprint density at radius 1 is 0.811 bits per heavy atom. The van der Waals surface area contributed by atoms with Crippen LogP contribution in [0.4, 0.5) is 17.1 Å². The van der Waals surface area contributed by atoms with Gasteiger partial charge in [-0.25, -0.2) is 9.98 Å². The number of halogens is 2. The van der Waals surface area contributed by atoms with Crippen molar-refractivity contribution in [2.75, 3.05) is 16.0 Å². The second-order valence-electron chi connectivity index (χ2n) is 11.3. The van der Waals surface area contributed by atoms with Crippen molar-refractivity contribution in [3.63, 3.8) is 0 Å². The van der Waals surface area contributed by atoms with Gasteiger partial charge in [-0.1, -0.05) is 67.2 Å². The summed E-state index contributed by atoms with van der Waals surface area (Å²) in [7, 11) is 0. The summed E-state index contributed by atoms with van der Waals surface area (Å²) in [5.41, 5.74) is 6.17. The molecule has 11 nitrogen and oxygen atoms in total. The molecule has 0 radical (unpaired) electrons. The molecule has 2 atom stereocenters. The quantitative estimate of drug-likeness (QED) is 0.111. The number of alkyl halides is 2. The van der Waals surface area contributed by atoms with Gasteiger partial charge in [-0.2, -0.15) is 0 Å². The normalized spacial score (nSPS) is 11.6. The van der Waals surface area contributed by atoms with Gasteiger partial charge in [0.1, 0.15) is 6.10 Å². The summed E-state index contributed by atoms with van der Waals surface area (Å²) in [5.74, 6) is -0.676. The van der Waals surface area contributed by atoms with Crippen LogP contribution in [0.2, 0.25) is 0 Å². The largest absolute Gasteiger partial charge is 0.456 e. The molecule has 0 spiro atoms. The molecule has 0 unspecified atom stereocenters. The maximum absolute atomic E-state index is 12.7. The topological polar surface area (TPSA) is 164 Å². The van der Waals surface area contributed by atoms with E-state index in [2.05, 4.69) is 27.2 Å². The van der Waals surface area contributed by atoms with Crippen molar-refractivity contribution < 1.29 is 33.8 Å². The number of nitrogens with one attached hydrogen (secondary N) is 2. The predicted octanol–water partition coefficient (Wildman–Crippen LogP) is 8.71. The maximum atomic E-state index is 12.7. The minimum Gasteiger partial charge on any atom is -0.456 e. The first-order valence-corrected chi connectivity index (χ1v) is 17.3. The number of carbonyl (C=O) groups is 3. The SMILES string of the molecule is C=C(Nc1cccc(C)c1C(=O)Nc1ccccc1)[C@H](C)OC(C)=O.CC(=O)O[C@@H](C)c1nc2cccc(C)c2c(=Nc2ccccc2)o1.ClCCl.O. The van der Waals surface area contributed by atoms with E-state index in [0.29, 0.717) is 34.1 Å². The first-order valence-electron chi connectivity index (χ1n) is 16.2. The minimum atomic E-state index is -0.586. The number of benzene rings is 4. The van der Waals surface area contributed by atoms with Crippen molar-refractivity contribution in [3.8, 4) is 0 Å². The van der Waals surface area contributed by atoms with E-state index in [-0.39, 0.29) is 28.7 Å². The van der Waals surface area contributed by atoms with Crippen LogP contribution in [0.3, 0.4) is 0 Å². The van der Waals surface area contributed by atoms with Gasteiger partial charge in [0.2, 0.25) is 11.4 Å². The van der Waals surface area contributed by atoms with E-state index >= 15 is 0 Å². The summed E-state index contributed by atoms with van der Waals surface area (Å²) in [5, 5.41) is 7.01.